The van der Waals surface area contributed by atoms with E-state index in [0.29, 0.717) is 0 Å². The molecule has 1 heterocycles. The van der Waals surface area contributed by atoms with E-state index in [9.17, 15) is 14.7 Å². The molecule has 0 amide bonds. The first kappa shape index (κ1) is 12.4. The topological polar surface area (TPSA) is 76.7 Å². The Bertz CT molecular complexity index is 402. The van der Waals surface area contributed by atoms with Crippen molar-refractivity contribution in [1.82, 2.24) is 0 Å². The average Bonchev–Trinajstić information content (AvgIpc) is 2.66. The zero-order valence-electron chi connectivity index (χ0n) is 9.44. The number of hydrogen-bond acceptors (Lipinski definition) is 5. The largest absolute Gasteiger partial charge is 0.464 e. The lowest BCUT2D eigenvalue weighted by molar-refractivity contribution is -0.164. The van der Waals surface area contributed by atoms with Crippen LogP contribution in [0.15, 0.2) is 16.7 Å². The van der Waals surface area contributed by atoms with Gasteiger partial charge in [0.05, 0.1) is 12.9 Å². The van der Waals surface area contributed by atoms with E-state index in [2.05, 4.69) is 0 Å². The molecule has 0 fully saturated rings. The van der Waals surface area contributed by atoms with Gasteiger partial charge in [0, 0.05) is 12.5 Å². The third-order valence-electron chi connectivity index (χ3n) is 2.18. The molecule has 0 aliphatic carbocycles. The molecule has 0 saturated heterocycles. The maximum atomic E-state index is 11.5. The van der Waals surface area contributed by atoms with Gasteiger partial charge < -0.3 is 14.3 Å². The molecule has 1 rings (SSSR count). The van der Waals surface area contributed by atoms with E-state index in [0.717, 1.165) is 0 Å². The molecule has 0 spiro atoms. The lowest BCUT2D eigenvalue weighted by atomic mass is 9.95. The maximum absolute atomic E-state index is 11.5. The summed E-state index contributed by atoms with van der Waals surface area (Å²) in [6.45, 7) is 4.35. The summed E-state index contributed by atoms with van der Waals surface area (Å²) in [5.41, 5.74) is -1.75. The molecule has 0 bridgehead atoms. The van der Waals surface area contributed by atoms with Gasteiger partial charge in [0.1, 0.15) is 0 Å². The van der Waals surface area contributed by atoms with E-state index < -0.39 is 11.6 Å². The van der Waals surface area contributed by atoms with Crippen LogP contribution in [0.4, 0.5) is 0 Å². The molecule has 0 aromatic carbocycles. The molecule has 0 radical (unpaired) electrons. The molecule has 5 heteroatoms. The first-order chi connectivity index (χ1) is 7.41. The van der Waals surface area contributed by atoms with E-state index in [1.54, 1.807) is 6.92 Å². The molecule has 1 atom stereocenters. The molecular formula is C11H14O5. The van der Waals surface area contributed by atoms with Crippen molar-refractivity contribution in [3.8, 4) is 0 Å². The highest BCUT2D eigenvalue weighted by Crippen LogP contribution is 2.27. The van der Waals surface area contributed by atoms with Crippen LogP contribution in [0, 0.1) is 0 Å². The Kier molecular flexibility index (Phi) is 3.49. The second-order valence-electron chi connectivity index (χ2n) is 3.51. The van der Waals surface area contributed by atoms with Crippen LogP contribution in [0.2, 0.25) is 0 Å². The Morgan fingerprint density at radius 3 is 2.69 bits per heavy atom. The minimum Gasteiger partial charge on any atom is -0.464 e. The van der Waals surface area contributed by atoms with E-state index in [4.69, 9.17) is 9.15 Å². The van der Waals surface area contributed by atoms with Crippen LogP contribution in [0.1, 0.15) is 36.9 Å². The zero-order chi connectivity index (χ0) is 12.3. The van der Waals surface area contributed by atoms with Crippen LogP contribution in [0.25, 0.3) is 0 Å². The average molecular weight is 226 g/mol. The normalized spacial score (nSPS) is 14.2. The fourth-order valence-electron chi connectivity index (χ4n) is 1.35. The second kappa shape index (κ2) is 4.49. The van der Waals surface area contributed by atoms with Crippen molar-refractivity contribution in [2.45, 2.75) is 26.4 Å². The SMILES string of the molecule is CCOC(=O)C(C)(O)c1ccoc1C(C)=O. The Hall–Kier alpha value is -1.62. The molecule has 5 nitrogen and oxygen atoms in total. The van der Waals surface area contributed by atoms with E-state index in [-0.39, 0.29) is 23.7 Å². The molecule has 16 heavy (non-hydrogen) atoms. The maximum Gasteiger partial charge on any atom is 0.342 e. The Balaban J connectivity index is 3.11. The number of furan rings is 1. The predicted molar refractivity (Wildman–Crippen MR) is 54.9 cm³/mol. The van der Waals surface area contributed by atoms with Crippen molar-refractivity contribution in [2.75, 3.05) is 6.61 Å². The van der Waals surface area contributed by atoms with Crippen molar-refractivity contribution in [3.05, 3.63) is 23.7 Å². The van der Waals surface area contributed by atoms with Gasteiger partial charge in [-0.2, -0.15) is 0 Å². The fraction of sp³-hybridized carbons (Fsp3) is 0.455. The summed E-state index contributed by atoms with van der Waals surface area (Å²) in [6, 6.07) is 1.38. The highest BCUT2D eigenvalue weighted by atomic mass is 16.5. The van der Waals surface area contributed by atoms with Gasteiger partial charge in [-0.1, -0.05) is 0 Å². The monoisotopic (exact) mass is 226 g/mol. The third-order valence-corrected chi connectivity index (χ3v) is 2.18. The Morgan fingerprint density at radius 2 is 2.19 bits per heavy atom. The van der Waals surface area contributed by atoms with Crippen LogP contribution < -0.4 is 0 Å². The summed E-state index contributed by atoms with van der Waals surface area (Å²) >= 11 is 0. The number of Topliss-reactive ketones (excluding diaryl/α,β-unsaturated/α-hetero) is 1. The molecular weight excluding hydrogens is 212 g/mol. The minimum atomic E-state index is -1.87. The number of carbonyl (C=O) groups is 2. The molecule has 0 aliphatic heterocycles. The van der Waals surface area contributed by atoms with Crippen molar-refractivity contribution >= 4 is 11.8 Å². The lowest BCUT2D eigenvalue weighted by Gasteiger charge is -2.20. The molecule has 0 saturated carbocycles. The zero-order valence-corrected chi connectivity index (χ0v) is 9.44. The highest BCUT2D eigenvalue weighted by Gasteiger charge is 2.38. The molecule has 88 valence electrons. The Morgan fingerprint density at radius 1 is 1.56 bits per heavy atom. The van der Waals surface area contributed by atoms with E-state index in [1.165, 1.54) is 26.2 Å². The second-order valence-corrected chi connectivity index (χ2v) is 3.51. The van der Waals surface area contributed by atoms with Gasteiger partial charge in [-0.05, 0) is 19.9 Å². The predicted octanol–water partition coefficient (Wildman–Crippen LogP) is 1.25. The van der Waals surface area contributed by atoms with Crippen LogP contribution in [-0.2, 0) is 15.1 Å². The minimum absolute atomic E-state index is 0.0296. The van der Waals surface area contributed by atoms with Gasteiger partial charge in [0.2, 0.25) is 0 Å². The quantitative estimate of drug-likeness (QED) is 0.617. The van der Waals surface area contributed by atoms with Gasteiger partial charge in [0.15, 0.2) is 17.1 Å². The summed E-state index contributed by atoms with van der Waals surface area (Å²) in [5, 5.41) is 10.0. The number of esters is 1. The summed E-state index contributed by atoms with van der Waals surface area (Å²) in [6.07, 6.45) is 1.25. The highest BCUT2D eigenvalue weighted by molar-refractivity contribution is 5.95. The molecule has 1 aromatic heterocycles. The van der Waals surface area contributed by atoms with Gasteiger partial charge in [-0.25, -0.2) is 4.79 Å². The van der Waals surface area contributed by atoms with Crippen molar-refractivity contribution in [3.63, 3.8) is 0 Å². The first-order valence-corrected chi connectivity index (χ1v) is 4.89. The molecule has 1 aromatic rings. The first-order valence-electron chi connectivity index (χ1n) is 4.89. The summed E-state index contributed by atoms with van der Waals surface area (Å²) in [7, 11) is 0. The summed E-state index contributed by atoms with van der Waals surface area (Å²) < 4.78 is 9.65. The fourth-order valence-corrected chi connectivity index (χ4v) is 1.35. The van der Waals surface area contributed by atoms with Gasteiger partial charge >= 0.3 is 5.97 Å². The summed E-state index contributed by atoms with van der Waals surface area (Å²) in [5.74, 6) is -1.19. The molecule has 0 aliphatic rings. The van der Waals surface area contributed by atoms with Crippen molar-refractivity contribution in [2.24, 2.45) is 0 Å². The standard InChI is InChI=1S/C11H14O5/c1-4-15-10(13)11(3,14)8-5-6-16-9(8)7(2)12/h5-6,14H,4H2,1-3H3. The van der Waals surface area contributed by atoms with Gasteiger partial charge in [-0.3, -0.25) is 4.79 Å². The Labute approximate surface area is 93.0 Å². The lowest BCUT2D eigenvalue weighted by Crippen LogP contribution is -2.34. The number of rotatable bonds is 4. The van der Waals surface area contributed by atoms with Gasteiger partial charge in [-0.15, -0.1) is 0 Å². The number of aliphatic hydroxyl groups is 1. The number of carbonyl (C=O) groups excluding carboxylic acids is 2. The summed E-state index contributed by atoms with van der Waals surface area (Å²) in [4.78, 5) is 22.7. The molecule has 1 N–H and O–H groups in total. The van der Waals surface area contributed by atoms with Crippen LogP contribution in [-0.4, -0.2) is 23.5 Å². The van der Waals surface area contributed by atoms with E-state index >= 15 is 0 Å². The van der Waals surface area contributed by atoms with Crippen LogP contribution >= 0.6 is 0 Å². The number of ketones is 1. The third kappa shape index (κ3) is 2.14. The van der Waals surface area contributed by atoms with Gasteiger partial charge in [0.25, 0.3) is 0 Å². The molecule has 1 unspecified atom stereocenters. The van der Waals surface area contributed by atoms with Crippen LogP contribution in [0.3, 0.4) is 0 Å². The van der Waals surface area contributed by atoms with Crippen molar-refractivity contribution in [1.29, 1.82) is 0 Å². The smallest absolute Gasteiger partial charge is 0.342 e. The number of hydrogen-bond donors (Lipinski definition) is 1. The number of ether oxygens (including phenoxy) is 1. The van der Waals surface area contributed by atoms with Crippen LogP contribution in [0.5, 0.6) is 0 Å². The van der Waals surface area contributed by atoms with E-state index in [1.807, 2.05) is 0 Å². The van der Waals surface area contributed by atoms with Crippen molar-refractivity contribution < 1.29 is 23.8 Å².